The molecule has 0 unspecified atom stereocenters. The van der Waals surface area contributed by atoms with Crippen molar-refractivity contribution in [3.8, 4) is 0 Å². The van der Waals surface area contributed by atoms with E-state index in [0.717, 1.165) is 0 Å². The number of hydrogen-bond donors (Lipinski definition) is 0. The maximum atomic E-state index is 2.63. The van der Waals surface area contributed by atoms with Gasteiger partial charge in [-0.1, -0.05) is 0 Å². The molecular weight excluding hydrogens is 1010 g/mol. The van der Waals surface area contributed by atoms with Crippen LogP contribution < -0.4 is 52.8 Å². The summed E-state index contributed by atoms with van der Waals surface area (Å²) in [7, 11) is 0. The van der Waals surface area contributed by atoms with Gasteiger partial charge in [0.05, 0.1) is 0 Å². The van der Waals surface area contributed by atoms with E-state index in [0.29, 0.717) is 0 Å². The Hall–Kier alpha value is -1.42. The molecule has 8 aromatic rings. The molecule has 54 heavy (non-hydrogen) atoms. The van der Waals surface area contributed by atoms with Crippen LogP contribution in [0, 0.1) is 0 Å². The van der Waals surface area contributed by atoms with E-state index in [9.17, 15) is 0 Å². The second kappa shape index (κ2) is 9.38. The Morgan fingerprint density at radius 3 is 0.315 bits per heavy atom. The Labute approximate surface area is 335 Å². The zero-order chi connectivity index (χ0) is 37.3. The minimum atomic E-state index is -2.19. The molecule has 0 fully saturated rings. The van der Waals surface area contributed by atoms with Crippen LogP contribution in [0.3, 0.4) is 0 Å². The summed E-state index contributed by atoms with van der Waals surface area (Å²) in [6.07, 6.45) is 0. The van der Waals surface area contributed by atoms with Gasteiger partial charge in [-0.3, -0.25) is 0 Å². The zero-order valence-corrected chi connectivity index (χ0v) is 46.5. The predicted octanol–water partition coefficient (Wildman–Crippen LogP) is 5.11. The molecule has 6 heteroatoms. The van der Waals surface area contributed by atoms with E-state index in [4.69, 9.17) is 0 Å². The first-order chi connectivity index (χ1) is 25.4. The molecule has 6 aliphatic rings. The van der Waals surface area contributed by atoms with Gasteiger partial charge in [-0.2, -0.15) is 0 Å². The summed E-state index contributed by atoms with van der Waals surface area (Å²) in [4.78, 5) is 0. The number of hydrogen-bond acceptors (Lipinski definition) is 0. The summed E-state index contributed by atoms with van der Waals surface area (Å²) < 4.78 is 21.1. The molecule has 8 aromatic carbocycles. The van der Waals surface area contributed by atoms with Gasteiger partial charge in [0, 0.05) is 0 Å². The Balaban J connectivity index is 0.000000115. The predicted molar refractivity (Wildman–Crippen MR) is 258 cm³/mol. The van der Waals surface area contributed by atoms with Crippen LogP contribution in [0.1, 0.15) is 0 Å². The summed E-state index contributed by atoms with van der Waals surface area (Å²) in [6, 6.07) is 30.9. The Morgan fingerprint density at radius 1 is 0.167 bits per heavy atom. The van der Waals surface area contributed by atoms with Gasteiger partial charge in [-0.15, -0.1) is 0 Å². The van der Waals surface area contributed by atoms with E-state index in [1.807, 2.05) is 0 Å². The molecule has 6 aliphatic heterocycles. The van der Waals surface area contributed by atoms with Gasteiger partial charge in [0.25, 0.3) is 0 Å². The first-order valence-electron chi connectivity index (χ1n) is 20.5. The SMILES string of the molecule is [CH3][Ge]1([CH3])[c]2cc[c]3c4c2c2[c]1cc[c]1c2c2[c](cc[c](c42)[Ge]3([CH3])[CH3])[Ge]1([CH3])[CH3].[CH3][Ge]1([CH3])[c]2cc[c]3c4c2c2[c]1cc[c]1c2c2[c](cc[c](c42)[Ge]3([CH3])[CH3])[Ge]1([CH3])[CH3]. The second-order valence-corrected chi connectivity index (χ2v) is 75.7. The standard InChI is InChI=1S/2C24H24Ge3/c2*1-25(2)13-7-9-15-21-19(13)20-14(25)8-10-16-22(20)24-18(27(16,5)6)12-11-17(23(21)24)26(15,3)4/h2*7-12H,1-6H3. The van der Waals surface area contributed by atoms with Crippen molar-refractivity contribution >= 4 is 197 Å². The van der Waals surface area contributed by atoms with Crippen LogP contribution in [0.5, 0.6) is 0 Å². The fraction of sp³-hybridized carbons (Fsp3) is 0.250. The molecule has 0 bridgehead atoms. The molecule has 6 heterocycles. The van der Waals surface area contributed by atoms with Gasteiger partial charge in [0.2, 0.25) is 0 Å². The number of benzene rings is 8. The molecule has 0 N–H and O–H groups in total. The Morgan fingerprint density at radius 2 is 0.241 bits per heavy atom. The number of rotatable bonds is 0. The van der Waals surface area contributed by atoms with Crippen molar-refractivity contribution in [3.63, 3.8) is 0 Å². The van der Waals surface area contributed by atoms with Crippen molar-refractivity contribution in [1.29, 1.82) is 0 Å². The minimum absolute atomic E-state index is 1.71. The Kier molecular flexibility index (Phi) is 5.83. The van der Waals surface area contributed by atoms with Crippen molar-refractivity contribution < 1.29 is 0 Å². The average Bonchev–Trinajstić information content (AvgIpc) is 3.83. The van der Waals surface area contributed by atoms with Gasteiger partial charge in [0.15, 0.2) is 0 Å². The molecule has 0 radical (unpaired) electrons. The van der Waals surface area contributed by atoms with Crippen LogP contribution in [-0.4, -0.2) is 79.6 Å². The summed E-state index contributed by atoms with van der Waals surface area (Å²) in [6.45, 7) is 0. The molecule has 264 valence electrons. The summed E-state index contributed by atoms with van der Waals surface area (Å²) >= 11 is -13.2. The van der Waals surface area contributed by atoms with Crippen LogP contribution >= 0.6 is 0 Å². The third-order valence-electron chi connectivity index (χ3n) is 16.8. The topological polar surface area (TPSA) is 0 Å². The van der Waals surface area contributed by atoms with Crippen molar-refractivity contribution in [2.24, 2.45) is 0 Å². The monoisotopic (exact) mass is 1070 g/mol. The molecule has 14 rings (SSSR count). The molecule has 0 spiro atoms. The molecule has 0 aliphatic carbocycles. The molecule has 0 saturated carbocycles. The molecule has 0 amide bonds. The first-order valence-corrected chi connectivity index (χ1v) is 58.2. The average molecular weight is 1060 g/mol. The first kappa shape index (κ1) is 33.5. The van der Waals surface area contributed by atoms with Crippen LogP contribution in [0.15, 0.2) is 72.8 Å². The van der Waals surface area contributed by atoms with Crippen molar-refractivity contribution in [2.45, 2.75) is 69.1 Å². The fourth-order valence-corrected chi connectivity index (χ4v) is 52.1. The van der Waals surface area contributed by atoms with E-state index in [1.165, 1.54) is 0 Å². The molecular formula is C48H48Ge6. The Bertz CT molecular complexity index is 2480. The van der Waals surface area contributed by atoms with E-state index in [1.54, 1.807) is 117 Å². The van der Waals surface area contributed by atoms with Gasteiger partial charge < -0.3 is 0 Å². The van der Waals surface area contributed by atoms with E-state index >= 15 is 0 Å². The summed E-state index contributed by atoms with van der Waals surface area (Å²) in [5.41, 5.74) is 0. The van der Waals surface area contributed by atoms with Gasteiger partial charge in [-0.05, 0) is 0 Å². The van der Waals surface area contributed by atoms with Crippen molar-refractivity contribution in [3.05, 3.63) is 72.8 Å². The second-order valence-electron chi connectivity index (χ2n) is 21.2. The van der Waals surface area contributed by atoms with Gasteiger partial charge in [0.1, 0.15) is 0 Å². The van der Waals surface area contributed by atoms with Crippen LogP contribution in [0.2, 0.25) is 69.1 Å². The summed E-state index contributed by atoms with van der Waals surface area (Å²) in [5.74, 6) is 31.6. The molecule has 0 atom stereocenters. The molecule has 0 saturated heterocycles. The molecule has 0 aromatic heterocycles. The van der Waals surface area contributed by atoms with Crippen molar-refractivity contribution in [2.75, 3.05) is 0 Å². The van der Waals surface area contributed by atoms with Crippen LogP contribution in [-0.2, 0) is 0 Å². The third kappa shape index (κ3) is 3.22. The normalized spacial score (nSPS) is 21.1. The summed E-state index contributed by atoms with van der Waals surface area (Å²) in [5, 5.41) is 20.6. The quantitative estimate of drug-likeness (QED) is 0.147. The van der Waals surface area contributed by atoms with Crippen molar-refractivity contribution in [1.82, 2.24) is 0 Å². The fourth-order valence-electron chi connectivity index (χ4n) is 13.9. The van der Waals surface area contributed by atoms with E-state index < -0.39 is 79.6 Å². The van der Waals surface area contributed by atoms with Gasteiger partial charge in [-0.25, -0.2) is 0 Å². The molecule has 0 nitrogen and oxygen atoms in total. The van der Waals surface area contributed by atoms with E-state index in [2.05, 4.69) is 142 Å². The zero-order valence-electron chi connectivity index (χ0n) is 33.9. The van der Waals surface area contributed by atoms with Crippen LogP contribution in [0.25, 0.3) is 64.6 Å². The third-order valence-corrected chi connectivity index (χ3v) is 61.2. The van der Waals surface area contributed by atoms with E-state index in [-0.39, 0.29) is 0 Å². The van der Waals surface area contributed by atoms with Gasteiger partial charge >= 0.3 is 339 Å². The van der Waals surface area contributed by atoms with Crippen LogP contribution in [0.4, 0.5) is 0 Å². The maximum absolute atomic E-state index is 2.63.